The van der Waals surface area contributed by atoms with Crippen molar-refractivity contribution in [2.45, 2.75) is 0 Å². The zero-order valence-corrected chi connectivity index (χ0v) is 8.20. The summed E-state index contributed by atoms with van der Waals surface area (Å²) in [7, 11) is 0. The van der Waals surface area contributed by atoms with Crippen LogP contribution in [0.5, 0.6) is 0 Å². The lowest BCUT2D eigenvalue weighted by Crippen LogP contribution is -1.44. The van der Waals surface area contributed by atoms with Crippen molar-refractivity contribution in [2.24, 2.45) is 0 Å². The normalized spacial score (nSPS) is 4.55. The Bertz CT molecular complexity index is 180. The van der Waals surface area contributed by atoms with Gasteiger partial charge >= 0.3 is 0 Å². The lowest BCUT2D eigenvalue weighted by Gasteiger charge is -1.46. The molecule has 0 aromatic carbocycles. The number of H-pyrrole nitrogens is 1. The van der Waals surface area contributed by atoms with E-state index in [1.54, 1.807) is 18.7 Å². The summed E-state index contributed by atoms with van der Waals surface area (Å²) in [4.78, 5) is 6.42. The molecule has 0 spiro atoms. The highest BCUT2D eigenvalue weighted by Gasteiger charge is 1.56. The summed E-state index contributed by atoms with van der Waals surface area (Å²) >= 11 is 0. The first kappa shape index (κ1) is 16.5. The van der Waals surface area contributed by atoms with Crippen LogP contribution in [-0.4, -0.2) is 9.97 Å². The Kier molecular flexibility index (Phi) is 24.0. The minimum atomic E-state index is 0. The molecule has 1 heterocycles. The van der Waals surface area contributed by atoms with E-state index in [9.17, 15) is 0 Å². The third-order valence-corrected chi connectivity index (χ3v) is 0.456. The molecule has 1 rings (SSSR count). The number of hydrogen-bond acceptors (Lipinski definition) is 3. The minimum Gasteiger partial charge on any atom is -0.351 e. The fourth-order valence-electron chi connectivity index (χ4n) is 0.215. The maximum atomic E-state index is 7.26. The van der Waals surface area contributed by atoms with Crippen LogP contribution in [0.4, 0.5) is 0 Å². The van der Waals surface area contributed by atoms with Gasteiger partial charge in [-0.25, -0.2) is 4.98 Å². The zero-order chi connectivity index (χ0) is 6.95. The molecule has 6 heteroatoms. The highest BCUT2D eigenvalue weighted by molar-refractivity contribution is 7.59. The van der Waals surface area contributed by atoms with Gasteiger partial charge in [0.15, 0.2) is 12.1 Å². The summed E-state index contributed by atoms with van der Waals surface area (Å²) in [5, 5.41) is 14.5. The molecule has 1 N–H and O–H groups in total. The molecule has 0 saturated carbocycles. The second-order valence-corrected chi connectivity index (χ2v) is 0.984. The average molecular weight is 188 g/mol. The van der Waals surface area contributed by atoms with E-state index in [1.807, 2.05) is 0 Å². The van der Waals surface area contributed by atoms with Gasteiger partial charge in [0.25, 0.3) is 0 Å². The average Bonchev–Trinajstić information content (AvgIpc) is 2.43. The summed E-state index contributed by atoms with van der Waals surface area (Å²) in [5.74, 6) is 0. The van der Waals surface area contributed by atoms with Crippen LogP contribution < -0.4 is 0 Å². The smallest absolute Gasteiger partial charge is 0.181 e. The van der Waals surface area contributed by atoms with E-state index in [4.69, 9.17) is 10.5 Å². The number of nitrogens with zero attached hydrogens (tertiary/aromatic N) is 3. The Hall–Kier alpha value is -1.03. The summed E-state index contributed by atoms with van der Waals surface area (Å²) in [5.41, 5.74) is 0. The molecule has 1 aromatic rings. The molecule has 4 nitrogen and oxygen atoms in total. The molecule has 11 heavy (non-hydrogen) atoms. The van der Waals surface area contributed by atoms with Crippen LogP contribution >= 0.6 is 23.4 Å². The molecule has 0 saturated heterocycles. The molecule has 0 fully saturated rings. The minimum absolute atomic E-state index is 0. The maximum absolute atomic E-state index is 7.26. The molecule has 1 unspecified atom stereocenters. The summed E-state index contributed by atoms with van der Waals surface area (Å²) in [6.07, 6.45) is 5.08. The standard InChI is InChI=1S/C3H4N2.C2N2.H3P.H2S/c1-2-5-3-4-1;3-1-2-4;;/h1-3H,(H,4,5);;1H3;1H2. The number of aromatic amines is 1. The molecule has 0 aliphatic carbocycles. The van der Waals surface area contributed by atoms with E-state index in [2.05, 4.69) is 9.97 Å². The van der Waals surface area contributed by atoms with E-state index in [1.165, 1.54) is 12.1 Å². The first-order valence-electron chi connectivity index (χ1n) is 2.12. The first-order valence-corrected chi connectivity index (χ1v) is 2.12. The van der Waals surface area contributed by atoms with Crippen LogP contribution in [-0.2, 0) is 0 Å². The molecule has 0 aliphatic heterocycles. The van der Waals surface area contributed by atoms with Crippen molar-refractivity contribution in [2.75, 3.05) is 0 Å². The van der Waals surface area contributed by atoms with E-state index >= 15 is 0 Å². The van der Waals surface area contributed by atoms with Crippen molar-refractivity contribution in [3.63, 3.8) is 0 Å². The Labute approximate surface area is 75.3 Å². The molecular formula is C5H9N4PS. The van der Waals surface area contributed by atoms with Gasteiger partial charge in [-0.2, -0.15) is 33.9 Å². The van der Waals surface area contributed by atoms with Gasteiger partial charge in [0.05, 0.1) is 6.33 Å². The largest absolute Gasteiger partial charge is 0.351 e. The van der Waals surface area contributed by atoms with E-state index in [0.29, 0.717) is 0 Å². The predicted octanol–water partition coefficient (Wildman–Crippen LogP) is 0.614. The number of imidazole rings is 1. The maximum Gasteiger partial charge on any atom is 0.181 e. The SMILES string of the molecule is N#CC#N.P.S.c1c[nH]cn1. The quantitative estimate of drug-likeness (QED) is 0.606. The van der Waals surface area contributed by atoms with Gasteiger partial charge in [-0.3, -0.25) is 0 Å². The Morgan fingerprint density at radius 1 is 1.27 bits per heavy atom. The zero-order valence-electron chi connectivity index (χ0n) is 5.78. The fourth-order valence-corrected chi connectivity index (χ4v) is 0.215. The summed E-state index contributed by atoms with van der Waals surface area (Å²) in [6.45, 7) is 0. The lowest BCUT2D eigenvalue weighted by atomic mass is 10.9. The lowest BCUT2D eigenvalue weighted by molar-refractivity contribution is 1.31. The van der Waals surface area contributed by atoms with Gasteiger partial charge in [-0.15, -0.1) is 0 Å². The summed E-state index contributed by atoms with van der Waals surface area (Å²) in [6, 6.07) is 2.47. The van der Waals surface area contributed by atoms with Crippen molar-refractivity contribution in [3.8, 4) is 12.1 Å². The van der Waals surface area contributed by atoms with Gasteiger partial charge in [0.1, 0.15) is 0 Å². The van der Waals surface area contributed by atoms with Crippen LogP contribution in [0, 0.1) is 22.7 Å². The summed E-state index contributed by atoms with van der Waals surface area (Å²) < 4.78 is 0. The predicted molar refractivity (Wildman–Crippen MR) is 51.3 cm³/mol. The molecule has 0 radical (unpaired) electrons. The third kappa shape index (κ3) is 17.6. The Morgan fingerprint density at radius 3 is 1.91 bits per heavy atom. The molecule has 0 aliphatic rings. The van der Waals surface area contributed by atoms with E-state index in [-0.39, 0.29) is 23.4 Å². The van der Waals surface area contributed by atoms with Crippen molar-refractivity contribution in [1.29, 1.82) is 10.5 Å². The van der Waals surface area contributed by atoms with Gasteiger partial charge in [0.2, 0.25) is 0 Å². The number of rotatable bonds is 0. The molecule has 60 valence electrons. The molecule has 1 atom stereocenters. The van der Waals surface area contributed by atoms with Crippen LogP contribution in [0.3, 0.4) is 0 Å². The Morgan fingerprint density at radius 2 is 1.82 bits per heavy atom. The Balaban J connectivity index is -0.000000101. The van der Waals surface area contributed by atoms with Gasteiger partial charge in [-0.1, -0.05) is 0 Å². The number of nitrogens with one attached hydrogen (secondary N) is 1. The topological polar surface area (TPSA) is 76.3 Å². The highest BCUT2D eigenvalue weighted by atomic mass is 32.1. The van der Waals surface area contributed by atoms with Crippen LogP contribution in [0.2, 0.25) is 0 Å². The highest BCUT2D eigenvalue weighted by Crippen LogP contribution is 1.62. The van der Waals surface area contributed by atoms with Crippen molar-refractivity contribution >= 4 is 23.4 Å². The number of aromatic nitrogens is 2. The van der Waals surface area contributed by atoms with Crippen molar-refractivity contribution in [1.82, 2.24) is 9.97 Å². The molecule has 1 aromatic heterocycles. The number of hydrogen-bond donors (Lipinski definition) is 1. The van der Waals surface area contributed by atoms with Crippen molar-refractivity contribution < 1.29 is 0 Å². The van der Waals surface area contributed by atoms with Gasteiger partial charge in [-0.05, 0) is 0 Å². The monoisotopic (exact) mass is 188 g/mol. The van der Waals surface area contributed by atoms with E-state index in [0.717, 1.165) is 0 Å². The van der Waals surface area contributed by atoms with Gasteiger partial charge < -0.3 is 4.98 Å². The molecule has 0 bridgehead atoms. The number of nitriles is 2. The van der Waals surface area contributed by atoms with Crippen LogP contribution in [0.25, 0.3) is 0 Å². The molecule has 0 amide bonds. The second-order valence-electron chi connectivity index (χ2n) is 0.984. The molecular weight excluding hydrogens is 179 g/mol. The van der Waals surface area contributed by atoms with Crippen LogP contribution in [0.1, 0.15) is 0 Å². The first-order chi connectivity index (χ1) is 4.41. The fraction of sp³-hybridized carbons (Fsp3) is 0. The third-order valence-electron chi connectivity index (χ3n) is 0.456. The van der Waals surface area contributed by atoms with E-state index < -0.39 is 0 Å². The van der Waals surface area contributed by atoms with Crippen molar-refractivity contribution in [3.05, 3.63) is 18.7 Å². The second kappa shape index (κ2) is 16.0. The van der Waals surface area contributed by atoms with Crippen LogP contribution in [0.15, 0.2) is 18.7 Å². The van der Waals surface area contributed by atoms with Gasteiger partial charge in [0, 0.05) is 12.4 Å².